The summed E-state index contributed by atoms with van der Waals surface area (Å²) in [5.74, 6) is 2.10. The number of aromatic nitrogens is 4. The summed E-state index contributed by atoms with van der Waals surface area (Å²) in [6.07, 6.45) is 4.91. The van der Waals surface area contributed by atoms with Crippen LogP contribution in [0.4, 0.5) is 5.82 Å². The van der Waals surface area contributed by atoms with Crippen LogP contribution in [-0.4, -0.2) is 26.3 Å². The molecule has 0 fully saturated rings. The summed E-state index contributed by atoms with van der Waals surface area (Å²) in [6.45, 7) is 9.35. The largest absolute Gasteiger partial charge is 0.370 e. The lowest BCUT2D eigenvalue weighted by Crippen LogP contribution is -2.09. The zero-order valence-electron chi connectivity index (χ0n) is 12.9. The van der Waals surface area contributed by atoms with E-state index in [2.05, 4.69) is 43.1 Å². The Morgan fingerprint density at radius 2 is 2.05 bits per heavy atom. The minimum Gasteiger partial charge on any atom is -0.370 e. The Morgan fingerprint density at radius 3 is 2.60 bits per heavy atom. The van der Waals surface area contributed by atoms with Crippen LogP contribution in [-0.2, 0) is 7.05 Å². The van der Waals surface area contributed by atoms with Crippen molar-refractivity contribution >= 4 is 5.82 Å². The first-order valence-corrected chi connectivity index (χ1v) is 7.14. The molecule has 1 N–H and O–H groups in total. The first-order valence-electron chi connectivity index (χ1n) is 7.14. The van der Waals surface area contributed by atoms with Crippen molar-refractivity contribution in [3.63, 3.8) is 0 Å². The molecule has 5 nitrogen and oxygen atoms in total. The zero-order chi connectivity index (χ0) is 14.7. The molecule has 0 saturated heterocycles. The molecule has 0 aliphatic carbocycles. The Labute approximate surface area is 120 Å². The minimum atomic E-state index is 0.299. The summed E-state index contributed by atoms with van der Waals surface area (Å²) in [4.78, 5) is 9.37. The van der Waals surface area contributed by atoms with Gasteiger partial charge in [-0.15, -0.1) is 0 Å². The second kappa shape index (κ2) is 6.03. The number of hydrogen-bond donors (Lipinski definition) is 1. The minimum absolute atomic E-state index is 0.299. The molecule has 2 aromatic heterocycles. The number of nitrogens with one attached hydrogen (secondary N) is 1. The molecule has 0 saturated carbocycles. The van der Waals surface area contributed by atoms with E-state index in [4.69, 9.17) is 4.98 Å². The molecule has 0 amide bonds. The second-order valence-electron chi connectivity index (χ2n) is 5.39. The molecule has 2 heterocycles. The summed E-state index contributed by atoms with van der Waals surface area (Å²) in [6, 6.07) is 0. The van der Waals surface area contributed by atoms with Crippen LogP contribution in [0.25, 0.3) is 11.3 Å². The van der Waals surface area contributed by atoms with Crippen molar-refractivity contribution in [3.8, 4) is 11.3 Å². The third-order valence-electron chi connectivity index (χ3n) is 3.20. The molecule has 2 aromatic rings. The highest BCUT2D eigenvalue weighted by molar-refractivity contribution is 5.67. The molecule has 0 unspecified atom stereocenters. The van der Waals surface area contributed by atoms with Gasteiger partial charge in [-0.2, -0.15) is 5.10 Å². The van der Waals surface area contributed by atoms with Gasteiger partial charge in [0.2, 0.25) is 0 Å². The van der Waals surface area contributed by atoms with E-state index in [-0.39, 0.29) is 0 Å². The molecule has 108 valence electrons. The Bertz CT molecular complexity index is 586. The number of nitrogens with zero attached hydrogens (tertiary/aromatic N) is 4. The van der Waals surface area contributed by atoms with E-state index in [1.54, 1.807) is 4.68 Å². The molecule has 5 heteroatoms. The Hall–Kier alpha value is -1.91. The SMILES string of the molecule is CCCNc1nc(C(C)C)nc(-c2cnn(C)c2)c1C. The zero-order valence-corrected chi connectivity index (χ0v) is 12.9. The van der Waals surface area contributed by atoms with Crippen LogP contribution in [0.3, 0.4) is 0 Å². The van der Waals surface area contributed by atoms with Crippen molar-refractivity contribution in [2.45, 2.75) is 40.0 Å². The third-order valence-corrected chi connectivity index (χ3v) is 3.20. The molecule has 0 bridgehead atoms. The van der Waals surface area contributed by atoms with Gasteiger partial charge >= 0.3 is 0 Å². The van der Waals surface area contributed by atoms with Crippen LogP contribution < -0.4 is 5.32 Å². The molecule has 0 aliphatic rings. The first-order chi connectivity index (χ1) is 9.52. The van der Waals surface area contributed by atoms with Gasteiger partial charge in [-0.25, -0.2) is 9.97 Å². The van der Waals surface area contributed by atoms with Crippen molar-refractivity contribution in [2.75, 3.05) is 11.9 Å². The predicted octanol–water partition coefficient (Wildman–Crippen LogP) is 3.13. The van der Waals surface area contributed by atoms with E-state index in [0.29, 0.717) is 5.92 Å². The highest BCUT2D eigenvalue weighted by Gasteiger charge is 2.15. The lowest BCUT2D eigenvalue weighted by Gasteiger charge is -2.14. The lowest BCUT2D eigenvalue weighted by atomic mass is 10.1. The molecule has 0 atom stereocenters. The monoisotopic (exact) mass is 273 g/mol. The van der Waals surface area contributed by atoms with Gasteiger partial charge in [0.15, 0.2) is 0 Å². The standard InChI is InChI=1S/C15H23N5/c1-6-7-16-15-11(4)13(12-8-17-20(5)9-12)18-14(19-15)10(2)3/h8-10H,6-7H2,1-5H3,(H,16,18,19). The molecule has 0 aliphatic heterocycles. The molecule has 0 aromatic carbocycles. The Morgan fingerprint density at radius 1 is 1.30 bits per heavy atom. The Kier molecular flexibility index (Phi) is 4.37. The van der Waals surface area contributed by atoms with Crippen LogP contribution in [0, 0.1) is 6.92 Å². The van der Waals surface area contributed by atoms with E-state index in [0.717, 1.165) is 41.4 Å². The predicted molar refractivity (Wildman–Crippen MR) is 81.8 cm³/mol. The van der Waals surface area contributed by atoms with E-state index >= 15 is 0 Å². The average Bonchev–Trinajstić information content (AvgIpc) is 2.83. The quantitative estimate of drug-likeness (QED) is 0.909. The van der Waals surface area contributed by atoms with E-state index in [1.807, 2.05) is 19.4 Å². The second-order valence-corrected chi connectivity index (χ2v) is 5.39. The fourth-order valence-electron chi connectivity index (χ4n) is 2.03. The van der Waals surface area contributed by atoms with Crippen LogP contribution in [0.15, 0.2) is 12.4 Å². The van der Waals surface area contributed by atoms with Gasteiger partial charge in [-0.05, 0) is 13.3 Å². The van der Waals surface area contributed by atoms with Crippen molar-refractivity contribution in [2.24, 2.45) is 7.05 Å². The maximum Gasteiger partial charge on any atom is 0.133 e. The highest BCUT2D eigenvalue weighted by Crippen LogP contribution is 2.27. The summed E-state index contributed by atoms with van der Waals surface area (Å²) in [7, 11) is 1.92. The van der Waals surface area contributed by atoms with Crippen molar-refractivity contribution in [1.29, 1.82) is 0 Å². The van der Waals surface area contributed by atoms with Gasteiger partial charge < -0.3 is 5.32 Å². The van der Waals surface area contributed by atoms with Crippen molar-refractivity contribution in [3.05, 3.63) is 23.8 Å². The van der Waals surface area contributed by atoms with Crippen molar-refractivity contribution in [1.82, 2.24) is 19.7 Å². The van der Waals surface area contributed by atoms with E-state index < -0.39 is 0 Å². The molecular weight excluding hydrogens is 250 g/mol. The van der Waals surface area contributed by atoms with Gasteiger partial charge in [0.1, 0.15) is 11.6 Å². The van der Waals surface area contributed by atoms with Gasteiger partial charge in [0.25, 0.3) is 0 Å². The maximum absolute atomic E-state index is 4.72. The fourth-order valence-corrected chi connectivity index (χ4v) is 2.03. The Balaban J connectivity index is 2.51. The number of anilines is 1. The molecular formula is C15H23N5. The van der Waals surface area contributed by atoms with Gasteiger partial charge in [0, 0.05) is 36.8 Å². The van der Waals surface area contributed by atoms with Crippen LogP contribution in [0.5, 0.6) is 0 Å². The lowest BCUT2D eigenvalue weighted by molar-refractivity contribution is 0.767. The summed E-state index contributed by atoms with van der Waals surface area (Å²) in [5, 5.41) is 7.63. The van der Waals surface area contributed by atoms with E-state index in [1.165, 1.54) is 0 Å². The van der Waals surface area contributed by atoms with Gasteiger partial charge in [-0.3, -0.25) is 4.68 Å². The average molecular weight is 273 g/mol. The summed E-state index contributed by atoms with van der Waals surface area (Å²) < 4.78 is 1.80. The normalized spacial score (nSPS) is 11.1. The van der Waals surface area contributed by atoms with Crippen LogP contribution in [0.1, 0.15) is 44.5 Å². The van der Waals surface area contributed by atoms with Gasteiger partial charge in [-0.1, -0.05) is 20.8 Å². The maximum atomic E-state index is 4.72. The van der Waals surface area contributed by atoms with Crippen LogP contribution >= 0.6 is 0 Å². The molecule has 0 spiro atoms. The number of hydrogen-bond acceptors (Lipinski definition) is 4. The topological polar surface area (TPSA) is 55.6 Å². The van der Waals surface area contributed by atoms with Gasteiger partial charge in [0.05, 0.1) is 11.9 Å². The smallest absolute Gasteiger partial charge is 0.133 e. The first kappa shape index (κ1) is 14.5. The number of rotatable bonds is 5. The number of aryl methyl sites for hydroxylation is 1. The summed E-state index contributed by atoms with van der Waals surface area (Å²) >= 11 is 0. The van der Waals surface area contributed by atoms with Crippen LogP contribution in [0.2, 0.25) is 0 Å². The van der Waals surface area contributed by atoms with Crippen molar-refractivity contribution < 1.29 is 0 Å². The summed E-state index contributed by atoms with van der Waals surface area (Å²) in [5.41, 5.74) is 3.08. The van der Waals surface area contributed by atoms with E-state index in [9.17, 15) is 0 Å². The highest BCUT2D eigenvalue weighted by atomic mass is 15.2. The molecule has 0 radical (unpaired) electrons. The third kappa shape index (κ3) is 2.98. The fraction of sp³-hybridized carbons (Fsp3) is 0.533. The molecule has 20 heavy (non-hydrogen) atoms. The molecule has 2 rings (SSSR count).